The third-order valence-corrected chi connectivity index (χ3v) is 2.89. The van der Waals surface area contributed by atoms with Gasteiger partial charge in [-0.25, -0.2) is 9.66 Å². The second-order valence-corrected chi connectivity index (χ2v) is 3.69. The van der Waals surface area contributed by atoms with Gasteiger partial charge in [-0.3, -0.25) is 0 Å². The van der Waals surface area contributed by atoms with E-state index in [1.807, 2.05) is 23.9 Å². The van der Waals surface area contributed by atoms with Gasteiger partial charge in [0.15, 0.2) is 5.65 Å². The van der Waals surface area contributed by atoms with Crippen molar-refractivity contribution in [1.82, 2.24) is 9.66 Å². The van der Waals surface area contributed by atoms with Crippen LogP contribution in [0, 0.1) is 4.64 Å². The van der Waals surface area contributed by atoms with Crippen molar-refractivity contribution < 1.29 is 0 Å². The molecule has 2 aromatic heterocycles. The fourth-order valence-corrected chi connectivity index (χ4v) is 2.04. The van der Waals surface area contributed by atoms with E-state index in [9.17, 15) is 0 Å². The number of nitrogens with zero attached hydrogens (tertiary/aromatic N) is 2. The first kappa shape index (κ1) is 10.1. The largest absolute Gasteiger partial charge is 0.326 e. The van der Waals surface area contributed by atoms with Crippen LogP contribution in [0.15, 0.2) is 24.4 Å². The van der Waals surface area contributed by atoms with Crippen molar-refractivity contribution >= 4 is 23.3 Å². The van der Waals surface area contributed by atoms with Gasteiger partial charge in [0.05, 0.1) is 0 Å². The molecule has 2 heterocycles. The maximum absolute atomic E-state index is 5.38. The molecule has 2 rings (SSSR count). The lowest BCUT2D eigenvalue weighted by Gasteiger charge is -2.11. The van der Waals surface area contributed by atoms with Crippen LogP contribution < -0.4 is 5.43 Å². The molecule has 0 bridgehead atoms. The van der Waals surface area contributed by atoms with E-state index in [4.69, 9.17) is 12.2 Å². The Hall–Kier alpha value is -1.42. The Bertz CT molecular complexity index is 545. The van der Waals surface area contributed by atoms with Crippen LogP contribution in [-0.2, 0) is 6.42 Å². The van der Waals surface area contributed by atoms with Crippen molar-refractivity contribution in [1.29, 1.82) is 0 Å². The molecule has 0 saturated carbocycles. The fourth-order valence-electron chi connectivity index (χ4n) is 1.66. The molecule has 78 valence electrons. The summed E-state index contributed by atoms with van der Waals surface area (Å²) in [5.74, 6) is 0. The molecule has 3 nitrogen and oxygen atoms in total. The average Bonchev–Trinajstić information content (AvgIpc) is 2.28. The Labute approximate surface area is 93.7 Å². The Morgan fingerprint density at radius 3 is 3.00 bits per heavy atom. The molecule has 0 aliphatic carbocycles. The molecule has 0 aliphatic rings. The van der Waals surface area contributed by atoms with Gasteiger partial charge in [-0.15, -0.1) is 0 Å². The van der Waals surface area contributed by atoms with Crippen LogP contribution >= 0.6 is 12.2 Å². The van der Waals surface area contributed by atoms with Gasteiger partial charge in [0.25, 0.3) is 0 Å². The second kappa shape index (κ2) is 3.98. The van der Waals surface area contributed by atoms with E-state index in [1.54, 1.807) is 6.20 Å². The van der Waals surface area contributed by atoms with Gasteiger partial charge < -0.3 is 5.43 Å². The van der Waals surface area contributed by atoms with E-state index in [1.165, 1.54) is 5.56 Å². The van der Waals surface area contributed by atoms with Crippen LogP contribution in [0.3, 0.4) is 0 Å². The van der Waals surface area contributed by atoms with Gasteiger partial charge in [0.2, 0.25) is 0 Å². The van der Waals surface area contributed by atoms with E-state index < -0.39 is 0 Å². The van der Waals surface area contributed by atoms with E-state index in [2.05, 4.69) is 23.4 Å². The number of rotatable bonds is 2. The molecule has 0 fully saturated rings. The highest BCUT2D eigenvalue weighted by atomic mass is 32.1. The first-order valence-corrected chi connectivity index (χ1v) is 5.36. The quantitative estimate of drug-likeness (QED) is 0.787. The maximum atomic E-state index is 5.38. The molecule has 0 atom stereocenters. The smallest absolute Gasteiger partial charge is 0.159 e. The molecular weight excluding hydrogens is 206 g/mol. The highest BCUT2D eigenvalue weighted by molar-refractivity contribution is 7.71. The topological polar surface area (TPSA) is 29.9 Å². The molecule has 0 saturated heterocycles. The van der Waals surface area contributed by atoms with E-state index in [0.717, 1.165) is 22.1 Å². The summed E-state index contributed by atoms with van der Waals surface area (Å²) in [6, 6.07) is 6.09. The van der Waals surface area contributed by atoms with Gasteiger partial charge in [-0.1, -0.05) is 19.1 Å². The summed E-state index contributed by atoms with van der Waals surface area (Å²) in [5, 5.41) is 1.11. The minimum absolute atomic E-state index is 0.811. The number of aromatic nitrogens is 2. The summed E-state index contributed by atoms with van der Waals surface area (Å²) in [6.07, 6.45) is 2.71. The zero-order chi connectivity index (χ0) is 10.8. The Balaban J connectivity index is 2.90. The molecule has 0 spiro atoms. The first-order chi connectivity index (χ1) is 7.27. The van der Waals surface area contributed by atoms with Crippen LogP contribution in [0.1, 0.15) is 12.5 Å². The van der Waals surface area contributed by atoms with Gasteiger partial charge in [0, 0.05) is 18.6 Å². The Morgan fingerprint density at radius 2 is 2.33 bits per heavy atom. The van der Waals surface area contributed by atoms with Crippen LogP contribution in [0.25, 0.3) is 11.0 Å². The first-order valence-electron chi connectivity index (χ1n) is 4.95. The zero-order valence-corrected chi connectivity index (χ0v) is 9.64. The highest BCUT2D eigenvalue weighted by Gasteiger charge is 2.04. The molecule has 4 heteroatoms. The zero-order valence-electron chi connectivity index (χ0n) is 8.82. The van der Waals surface area contributed by atoms with Gasteiger partial charge in [-0.2, -0.15) is 0 Å². The van der Waals surface area contributed by atoms with Crippen molar-refractivity contribution in [3.63, 3.8) is 0 Å². The SMILES string of the molecule is CCc1cc2cccnc2n(NC)c1=S. The summed E-state index contributed by atoms with van der Waals surface area (Å²) in [7, 11) is 1.85. The third-order valence-electron chi connectivity index (χ3n) is 2.44. The minimum atomic E-state index is 0.811. The number of nitrogens with one attached hydrogen (secondary N) is 1. The number of fused-ring (bicyclic) bond motifs is 1. The number of aryl methyl sites for hydroxylation is 1. The number of hydrogen-bond donors (Lipinski definition) is 1. The molecule has 0 amide bonds. The van der Waals surface area contributed by atoms with Crippen LogP contribution in [-0.4, -0.2) is 16.7 Å². The molecule has 0 radical (unpaired) electrons. The van der Waals surface area contributed by atoms with Crippen LogP contribution in [0.4, 0.5) is 0 Å². The summed E-state index contributed by atoms with van der Waals surface area (Å²) >= 11 is 5.38. The normalized spacial score (nSPS) is 10.5. The van der Waals surface area contributed by atoms with Gasteiger partial charge in [0.1, 0.15) is 4.64 Å². The predicted molar refractivity (Wildman–Crippen MR) is 65.2 cm³/mol. The number of hydrogen-bond acceptors (Lipinski definition) is 3. The van der Waals surface area contributed by atoms with Gasteiger partial charge in [-0.05, 0) is 30.2 Å². The molecular formula is C11H13N3S. The lowest BCUT2D eigenvalue weighted by atomic mass is 10.2. The van der Waals surface area contributed by atoms with Gasteiger partial charge >= 0.3 is 0 Å². The predicted octanol–water partition coefficient (Wildman–Crippen LogP) is 2.50. The fraction of sp³-hybridized carbons (Fsp3) is 0.273. The average molecular weight is 219 g/mol. The van der Waals surface area contributed by atoms with Crippen LogP contribution in [0.2, 0.25) is 0 Å². The van der Waals surface area contributed by atoms with Crippen molar-refractivity contribution in [2.45, 2.75) is 13.3 Å². The van der Waals surface area contributed by atoms with Crippen molar-refractivity contribution in [2.75, 3.05) is 12.5 Å². The summed E-state index contributed by atoms with van der Waals surface area (Å²) in [5.41, 5.74) is 5.11. The maximum Gasteiger partial charge on any atom is 0.159 e. The third kappa shape index (κ3) is 1.61. The second-order valence-electron chi connectivity index (χ2n) is 3.30. The van der Waals surface area contributed by atoms with Crippen molar-refractivity contribution in [2.24, 2.45) is 0 Å². The molecule has 2 aromatic rings. The van der Waals surface area contributed by atoms with Crippen molar-refractivity contribution in [3.8, 4) is 0 Å². The summed E-state index contributed by atoms with van der Waals surface area (Å²) in [6.45, 7) is 2.10. The molecule has 15 heavy (non-hydrogen) atoms. The molecule has 1 N–H and O–H groups in total. The monoisotopic (exact) mass is 219 g/mol. The molecule has 0 unspecified atom stereocenters. The van der Waals surface area contributed by atoms with E-state index >= 15 is 0 Å². The minimum Gasteiger partial charge on any atom is -0.326 e. The van der Waals surface area contributed by atoms with Crippen LogP contribution in [0.5, 0.6) is 0 Å². The molecule has 0 aromatic carbocycles. The Morgan fingerprint density at radius 1 is 1.53 bits per heavy atom. The number of pyridine rings is 2. The lowest BCUT2D eigenvalue weighted by molar-refractivity contribution is 0.900. The standard InChI is InChI=1S/C11H13N3S/c1-3-8-7-9-5-4-6-13-10(9)14(12-2)11(8)15/h4-7,12H,3H2,1-2H3. The summed E-state index contributed by atoms with van der Waals surface area (Å²) in [4.78, 5) is 4.32. The molecule has 0 aliphatic heterocycles. The lowest BCUT2D eigenvalue weighted by Crippen LogP contribution is -2.14. The Kier molecular flexibility index (Phi) is 2.68. The van der Waals surface area contributed by atoms with E-state index in [0.29, 0.717) is 0 Å². The summed E-state index contributed by atoms with van der Waals surface area (Å²) < 4.78 is 2.66. The highest BCUT2D eigenvalue weighted by Crippen LogP contribution is 2.15. The van der Waals surface area contributed by atoms with Crippen molar-refractivity contribution in [3.05, 3.63) is 34.6 Å². The van der Waals surface area contributed by atoms with E-state index in [-0.39, 0.29) is 0 Å².